The number of β-amino-alcohol motifs (C(OH)–C–C–N with tert-alkyl or cyclic N) is 1. The third kappa shape index (κ3) is 13.7. The number of nitrogens with one attached hydrogen (secondary N) is 1. The number of benzene rings is 7. The van der Waals surface area contributed by atoms with Crippen molar-refractivity contribution >= 4 is 45.5 Å². The van der Waals surface area contributed by atoms with Crippen LogP contribution >= 0.6 is 0 Å². The fourth-order valence-corrected chi connectivity index (χ4v) is 15.5. The number of anilines is 1. The van der Waals surface area contributed by atoms with Crippen LogP contribution in [0.3, 0.4) is 0 Å². The van der Waals surface area contributed by atoms with Gasteiger partial charge in [0.25, 0.3) is 0 Å². The molecule has 3 amide bonds. The van der Waals surface area contributed by atoms with Gasteiger partial charge in [-0.3, -0.25) is 14.3 Å². The van der Waals surface area contributed by atoms with E-state index >= 15 is 4.39 Å². The van der Waals surface area contributed by atoms with Crippen LogP contribution in [0.25, 0.3) is 55.3 Å². The highest BCUT2D eigenvalue weighted by Gasteiger charge is 2.49. The summed E-state index contributed by atoms with van der Waals surface area (Å²) < 4.78 is 46.7. The molecule has 3 N–H and O–H groups in total. The van der Waals surface area contributed by atoms with Gasteiger partial charge in [-0.25, -0.2) is 23.8 Å². The quantitative estimate of drug-likeness (QED) is 0.0503. The Kier molecular flexibility index (Phi) is 19.4. The minimum Gasteiger partial charge on any atom is -0.486 e. The third-order valence-electron chi connectivity index (χ3n) is 21.0. The molecular weight excluding hydrogens is 1340 g/mol. The van der Waals surface area contributed by atoms with Crippen LogP contribution in [0.2, 0.25) is 0 Å². The lowest BCUT2D eigenvalue weighted by atomic mass is 9.77. The molecule has 7 atom stereocenters. The van der Waals surface area contributed by atoms with Crippen LogP contribution in [0, 0.1) is 18.7 Å². The molecule has 4 aromatic heterocycles. The Bertz CT molecular complexity index is 4920. The summed E-state index contributed by atoms with van der Waals surface area (Å²) in [6.07, 6.45) is 9.41. The molecule has 4 fully saturated rings. The van der Waals surface area contributed by atoms with Gasteiger partial charge in [-0.1, -0.05) is 159 Å². The van der Waals surface area contributed by atoms with Crippen LogP contribution < -0.4 is 19.7 Å². The van der Waals surface area contributed by atoms with Crippen molar-refractivity contribution in [2.75, 3.05) is 44.9 Å². The molecule has 7 aromatic carbocycles. The zero-order valence-electron chi connectivity index (χ0n) is 60.6. The van der Waals surface area contributed by atoms with Crippen LogP contribution in [0.5, 0.6) is 11.8 Å². The van der Waals surface area contributed by atoms with Crippen molar-refractivity contribution < 1.29 is 47.9 Å². The molecular formula is C83H86FN13O9. The summed E-state index contributed by atoms with van der Waals surface area (Å²) in [5.74, 6) is -0.620. The molecule has 4 aliphatic rings. The first-order chi connectivity index (χ1) is 51.3. The Labute approximate surface area is 614 Å². The van der Waals surface area contributed by atoms with Gasteiger partial charge in [-0.2, -0.15) is 15.1 Å². The molecule has 0 spiro atoms. The predicted molar refractivity (Wildman–Crippen MR) is 399 cm³/mol. The number of ether oxygens (including phenoxy) is 4. The number of aromatic nitrogens is 9. The molecule has 3 aliphatic heterocycles. The van der Waals surface area contributed by atoms with Crippen molar-refractivity contribution in [3.8, 4) is 45.3 Å². The minimum atomic E-state index is -1.04. The van der Waals surface area contributed by atoms with E-state index in [1.807, 2.05) is 161 Å². The molecule has 11 aromatic rings. The lowest BCUT2D eigenvalue weighted by Crippen LogP contribution is -2.50. The molecule has 1 saturated carbocycles. The smallest absolute Gasteiger partial charge is 0.410 e. The van der Waals surface area contributed by atoms with Gasteiger partial charge in [-0.05, 0) is 116 Å². The molecule has 0 unspecified atom stereocenters. The maximum Gasteiger partial charge on any atom is 0.410 e. The van der Waals surface area contributed by atoms with Crippen LogP contribution in [0.15, 0.2) is 183 Å². The molecule has 2 bridgehead atoms. The van der Waals surface area contributed by atoms with E-state index in [9.17, 15) is 24.6 Å². The number of methoxy groups -OCH3 is 1. The first-order valence-corrected chi connectivity index (χ1v) is 36.3. The number of carbonyl (C=O) groups excluding carboxylic acids is 3. The molecule has 106 heavy (non-hydrogen) atoms. The lowest BCUT2D eigenvalue weighted by molar-refractivity contribution is -0.142. The first kappa shape index (κ1) is 70.6. The van der Waals surface area contributed by atoms with Gasteiger partial charge in [0.05, 0.1) is 48.7 Å². The highest BCUT2D eigenvalue weighted by atomic mass is 19.1. The fraction of sp³-hybridized carbons (Fsp3) is 0.349. The summed E-state index contributed by atoms with van der Waals surface area (Å²) in [5.41, 5.74) is 8.92. The molecule has 3 saturated heterocycles. The number of fused-ring (bicyclic) bond motifs is 4. The number of piperazine rings is 1. The highest BCUT2D eigenvalue weighted by molar-refractivity contribution is 6.06. The van der Waals surface area contributed by atoms with Crippen molar-refractivity contribution in [3.63, 3.8) is 0 Å². The summed E-state index contributed by atoms with van der Waals surface area (Å²) in [6.45, 7) is 13.7. The monoisotopic (exact) mass is 1430 g/mol. The van der Waals surface area contributed by atoms with Gasteiger partial charge in [0.1, 0.15) is 65.6 Å². The van der Waals surface area contributed by atoms with E-state index in [4.69, 9.17) is 34.0 Å². The first-order valence-electron chi connectivity index (χ1n) is 36.3. The molecule has 23 heteroatoms. The number of likely N-dealkylation sites (tertiary alicyclic amines) is 2. The summed E-state index contributed by atoms with van der Waals surface area (Å²) in [5, 5.41) is 40.5. The number of nitrogens with zero attached hydrogens (tertiary/aromatic N) is 12. The molecule has 22 nitrogen and oxygen atoms in total. The number of halogens is 1. The summed E-state index contributed by atoms with van der Waals surface area (Å²) in [7, 11) is 1.62. The normalized spacial score (nSPS) is 18.2. The van der Waals surface area contributed by atoms with Crippen LogP contribution in [-0.2, 0) is 31.2 Å². The van der Waals surface area contributed by atoms with Crippen molar-refractivity contribution in [1.82, 2.24) is 59.8 Å². The standard InChI is InChI=1S/C83H86FN13O9/c1-49(2)75(79(101)95-42-63(99)35-71(95)78(100)87-70(45-98)56-32-28-53(29-33-56)57-38-85-48-86-39-57)96-44-69(90-92-96)55-26-24-52(25-27-55)47-104-76-73(72-51(4)67(84)37-68-66(72)43-97(91-68)83(58-18-12-9-13-19-58,59-20-14-10-15-21-59)60-22-16-11-17-23-60)64(54-30-31-54)36-65-74(76)88-80(105-46-50(3)103-8)89-77(65)93-40-62-34-61(93)41-94(62)81(102)106-82(5,6)7/h9-29,32-33,36-39,43-44,48-50,54,61-63,70-71,75,98-99H,30-31,34-35,40-42,45-47H2,1-8H3,(H,87,100)/t50-,61-,62-,63+,70-,71-,75-/m0/s1. The Balaban J connectivity index is 0.799. The van der Waals surface area contributed by atoms with Crippen molar-refractivity contribution in [1.29, 1.82) is 0 Å². The SMILES string of the molecule is CO[C@@H](C)COc1nc(N2C[C@@H]3C[C@H]2CN3C(=O)OC(C)(C)C)c2cc(C3CC3)c(-c3c(C)c(F)cc4nn(C(c5ccccc5)(c5ccccc5)c5ccccc5)cc34)c(OCc3ccc(-c4cn([C@H](C(=O)N5C[C@H](O)C[C@H]5C(=O)N[C@@H](CO)c5ccc(-c6cncnc6)cc5)C(C)C)nn4)cc3)c2n1. The zero-order chi connectivity index (χ0) is 73.7. The van der Waals surface area contributed by atoms with Crippen LogP contribution in [-0.4, -0.2) is 159 Å². The van der Waals surface area contributed by atoms with Crippen molar-refractivity contribution in [2.24, 2.45) is 5.92 Å². The summed E-state index contributed by atoms with van der Waals surface area (Å²) >= 11 is 0. The number of hydrogen-bond acceptors (Lipinski definition) is 17. The number of carbonyl (C=O) groups is 3. The second-order valence-electron chi connectivity index (χ2n) is 29.7. The molecule has 0 radical (unpaired) electrons. The van der Waals surface area contributed by atoms with E-state index in [1.54, 1.807) is 25.7 Å². The Morgan fingerprint density at radius 1 is 0.726 bits per heavy atom. The Hall–Kier alpha value is -11.0. The number of hydrogen-bond donors (Lipinski definition) is 3. The number of aliphatic hydroxyl groups excluding tert-OH is 2. The van der Waals surface area contributed by atoms with Crippen molar-refractivity contribution in [3.05, 3.63) is 228 Å². The second-order valence-corrected chi connectivity index (χ2v) is 29.7. The maximum atomic E-state index is 17.6. The molecule has 544 valence electrons. The average molecular weight is 1430 g/mol. The van der Waals surface area contributed by atoms with Crippen LogP contribution in [0.1, 0.15) is 124 Å². The predicted octanol–water partition coefficient (Wildman–Crippen LogP) is 12.7. The van der Waals surface area contributed by atoms with Gasteiger partial charge in [0, 0.05) is 90.8 Å². The largest absolute Gasteiger partial charge is 0.486 e. The Morgan fingerprint density at radius 2 is 1.39 bits per heavy atom. The number of amides is 3. The zero-order valence-corrected chi connectivity index (χ0v) is 60.6. The topological polar surface area (TPSA) is 250 Å². The van der Waals surface area contributed by atoms with E-state index in [0.29, 0.717) is 86.4 Å². The lowest BCUT2D eigenvalue weighted by Gasteiger charge is -2.36. The maximum absolute atomic E-state index is 17.6. The number of rotatable bonds is 23. The highest BCUT2D eigenvalue weighted by Crippen LogP contribution is 2.55. The van der Waals surface area contributed by atoms with Gasteiger partial charge >= 0.3 is 12.1 Å². The molecule has 15 rings (SSSR count). The van der Waals surface area contributed by atoms with Gasteiger partial charge in [0.15, 0.2) is 5.75 Å². The van der Waals surface area contributed by atoms with Crippen molar-refractivity contribution in [2.45, 2.75) is 140 Å². The van der Waals surface area contributed by atoms with Crippen LogP contribution in [0.4, 0.5) is 15.0 Å². The van der Waals surface area contributed by atoms with E-state index in [2.05, 4.69) is 79.2 Å². The van der Waals surface area contributed by atoms with E-state index in [0.717, 1.165) is 51.8 Å². The van der Waals surface area contributed by atoms with Gasteiger partial charge < -0.3 is 49.2 Å². The molecule has 1 aliphatic carbocycles. The third-order valence-corrected chi connectivity index (χ3v) is 21.0. The minimum absolute atomic E-state index is 0.00524. The summed E-state index contributed by atoms with van der Waals surface area (Å²) in [6, 6.07) is 46.6. The van der Waals surface area contributed by atoms with Gasteiger partial charge in [0.2, 0.25) is 11.8 Å². The summed E-state index contributed by atoms with van der Waals surface area (Å²) in [4.78, 5) is 67.1. The molecule has 7 heterocycles. The average Bonchev–Trinajstić information content (AvgIpc) is 1.46. The Morgan fingerprint density at radius 3 is 1.99 bits per heavy atom. The fourth-order valence-electron chi connectivity index (χ4n) is 15.5. The number of aliphatic hydroxyl groups is 2. The second kappa shape index (κ2) is 29.1. The van der Waals surface area contributed by atoms with E-state index in [1.165, 1.54) is 22.0 Å². The van der Waals surface area contributed by atoms with E-state index < -0.39 is 59.6 Å². The van der Waals surface area contributed by atoms with Gasteiger partial charge in [-0.15, -0.1) is 5.10 Å². The van der Waals surface area contributed by atoms with E-state index in [-0.39, 0.29) is 68.3 Å².